The molecule has 0 spiro atoms. The number of ketones is 1. The summed E-state index contributed by atoms with van der Waals surface area (Å²) >= 11 is 0. The quantitative estimate of drug-likeness (QED) is 0.771. The number of rotatable bonds is 6. The molecule has 1 amide bonds. The lowest BCUT2D eigenvalue weighted by molar-refractivity contribution is -0.121. The van der Waals surface area contributed by atoms with Crippen LogP contribution >= 0.6 is 0 Å². The Morgan fingerprint density at radius 1 is 1.17 bits per heavy atom. The molecule has 0 aliphatic carbocycles. The SMILES string of the molecule is CCN(CC(=O)NC)CC(=O)c1ccc(C)cc1. The van der Waals surface area contributed by atoms with Crippen LogP contribution in [-0.4, -0.2) is 43.3 Å². The van der Waals surface area contributed by atoms with Gasteiger partial charge in [0.05, 0.1) is 13.1 Å². The third-order valence-corrected chi connectivity index (χ3v) is 2.83. The third-order valence-electron chi connectivity index (χ3n) is 2.83. The van der Waals surface area contributed by atoms with Crippen LogP contribution in [0.3, 0.4) is 0 Å². The smallest absolute Gasteiger partial charge is 0.233 e. The largest absolute Gasteiger partial charge is 0.358 e. The van der Waals surface area contributed by atoms with E-state index in [0.29, 0.717) is 12.1 Å². The Labute approximate surface area is 108 Å². The van der Waals surface area contributed by atoms with Gasteiger partial charge in [0.15, 0.2) is 5.78 Å². The van der Waals surface area contributed by atoms with Gasteiger partial charge in [0, 0.05) is 12.6 Å². The molecule has 0 heterocycles. The predicted molar refractivity (Wildman–Crippen MR) is 71.7 cm³/mol. The van der Waals surface area contributed by atoms with Crippen molar-refractivity contribution in [3.63, 3.8) is 0 Å². The Hall–Kier alpha value is -1.68. The van der Waals surface area contributed by atoms with Crippen molar-refractivity contribution >= 4 is 11.7 Å². The molecule has 1 aromatic carbocycles. The topological polar surface area (TPSA) is 49.4 Å². The number of Topliss-reactive ketones (excluding diaryl/α,β-unsaturated/α-hetero) is 1. The molecule has 0 saturated carbocycles. The summed E-state index contributed by atoms with van der Waals surface area (Å²) in [7, 11) is 1.60. The molecule has 1 aromatic rings. The van der Waals surface area contributed by atoms with E-state index in [-0.39, 0.29) is 24.8 Å². The van der Waals surface area contributed by atoms with Crippen LogP contribution < -0.4 is 5.32 Å². The number of benzene rings is 1. The first-order valence-electron chi connectivity index (χ1n) is 6.09. The van der Waals surface area contributed by atoms with Gasteiger partial charge < -0.3 is 5.32 Å². The van der Waals surface area contributed by atoms with Crippen LogP contribution in [0.4, 0.5) is 0 Å². The third kappa shape index (κ3) is 4.30. The molecule has 98 valence electrons. The molecule has 4 nitrogen and oxygen atoms in total. The summed E-state index contributed by atoms with van der Waals surface area (Å²) in [5.41, 5.74) is 1.82. The van der Waals surface area contributed by atoms with Crippen molar-refractivity contribution in [1.29, 1.82) is 0 Å². The first-order valence-corrected chi connectivity index (χ1v) is 6.09. The van der Waals surface area contributed by atoms with Crippen LogP contribution in [0.15, 0.2) is 24.3 Å². The van der Waals surface area contributed by atoms with E-state index in [4.69, 9.17) is 0 Å². The lowest BCUT2D eigenvalue weighted by Crippen LogP contribution is -2.38. The van der Waals surface area contributed by atoms with Crippen molar-refractivity contribution in [1.82, 2.24) is 10.2 Å². The molecule has 0 atom stereocenters. The second-order valence-corrected chi connectivity index (χ2v) is 4.27. The van der Waals surface area contributed by atoms with Gasteiger partial charge in [-0.3, -0.25) is 14.5 Å². The fourth-order valence-electron chi connectivity index (χ4n) is 1.60. The van der Waals surface area contributed by atoms with Crippen LogP contribution in [0.2, 0.25) is 0 Å². The van der Waals surface area contributed by atoms with E-state index in [2.05, 4.69) is 5.32 Å². The second-order valence-electron chi connectivity index (χ2n) is 4.27. The summed E-state index contributed by atoms with van der Waals surface area (Å²) in [6.07, 6.45) is 0. The van der Waals surface area contributed by atoms with Crippen LogP contribution in [0, 0.1) is 6.92 Å². The summed E-state index contributed by atoms with van der Waals surface area (Å²) in [5.74, 6) is -0.0330. The number of aryl methyl sites for hydroxylation is 1. The van der Waals surface area contributed by atoms with Gasteiger partial charge in [-0.25, -0.2) is 0 Å². The Balaban J connectivity index is 2.61. The van der Waals surface area contributed by atoms with Gasteiger partial charge in [-0.2, -0.15) is 0 Å². The van der Waals surface area contributed by atoms with Gasteiger partial charge >= 0.3 is 0 Å². The van der Waals surface area contributed by atoms with Crippen LogP contribution in [0.25, 0.3) is 0 Å². The number of carbonyl (C=O) groups excluding carboxylic acids is 2. The van der Waals surface area contributed by atoms with Gasteiger partial charge in [0.1, 0.15) is 0 Å². The molecule has 0 radical (unpaired) electrons. The van der Waals surface area contributed by atoms with E-state index in [9.17, 15) is 9.59 Å². The normalized spacial score (nSPS) is 10.4. The minimum atomic E-state index is -0.0754. The van der Waals surface area contributed by atoms with Gasteiger partial charge in [-0.05, 0) is 13.5 Å². The Kier molecular flexibility index (Phi) is 5.52. The van der Waals surface area contributed by atoms with Gasteiger partial charge in [0.2, 0.25) is 5.91 Å². The average Bonchev–Trinajstić information content (AvgIpc) is 2.38. The molecule has 1 rings (SSSR count). The van der Waals surface area contributed by atoms with Crippen molar-refractivity contribution in [3.8, 4) is 0 Å². The lowest BCUT2D eigenvalue weighted by Gasteiger charge is -2.18. The highest BCUT2D eigenvalue weighted by Crippen LogP contribution is 2.05. The summed E-state index contributed by atoms with van der Waals surface area (Å²) in [4.78, 5) is 25.1. The van der Waals surface area contributed by atoms with E-state index < -0.39 is 0 Å². The maximum absolute atomic E-state index is 12.0. The molecule has 1 N–H and O–H groups in total. The molecule has 0 unspecified atom stereocenters. The molecule has 0 aromatic heterocycles. The van der Waals surface area contributed by atoms with E-state index >= 15 is 0 Å². The molecule has 18 heavy (non-hydrogen) atoms. The molecule has 0 bridgehead atoms. The van der Waals surface area contributed by atoms with Gasteiger partial charge in [0.25, 0.3) is 0 Å². The van der Waals surface area contributed by atoms with Crippen molar-refractivity contribution in [2.24, 2.45) is 0 Å². The monoisotopic (exact) mass is 248 g/mol. The number of nitrogens with one attached hydrogen (secondary N) is 1. The molecule has 0 aliphatic heterocycles. The molecule has 4 heteroatoms. The zero-order valence-electron chi connectivity index (χ0n) is 11.2. The maximum atomic E-state index is 12.0. The Morgan fingerprint density at radius 3 is 2.28 bits per heavy atom. The second kappa shape index (κ2) is 6.91. The first kappa shape index (κ1) is 14.4. The highest BCUT2D eigenvalue weighted by Gasteiger charge is 2.13. The molecule has 0 fully saturated rings. The van der Waals surface area contributed by atoms with E-state index in [1.807, 2.05) is 43.0 Å². The number of amides is 1. The minimum absolute atomic E-state index is 0.0424. The Bertz CT molecular complexity index is 412. The molecule has 0 aliphatic rings. The van der Waals surface area contributed by atoms with E-state index in [0.717, 1.165) is 5.56 Å². The summed E-state index contributed by atoms with van der Waals surface area (Å²) < 4.78 is 0. The van der Waals surface area contributed by atoms with Crippen LogP contribution in [0.1, 0.15) is 22.8 Å². The van der Waals surface area contributed by atoms with Crippen LogP contribution in [0.5, 0.6) is 0 Å². The number of hydrogen-bond donors (Lipinski definition) is 1. The van der Waals surface area contributed by atoms with Crippen molar-refractivity contribution in [3.05, 3.63) is 35.4 Å². The zero-order chi connectivity index (χ0) is 13.5. The standard InChI is InChI=1S/C14H20N2O2/c1-4-16(10-14(18)15-3)9-13(17)12-7-5-11(2)6-8-12/h5-8H,4,9-10H2,1-3H3,(H,15,18). The average molecular weight is 248 g/mol. The fraction of sp³-hybridized carbons (Fsp3) is 0.429. The fourth-order valence-corrected chi connectivity index (χ4v) is 1.60. The highest BCUT2D eigenvalue weighted by molar-refractivity contribution is 5.97. The molecular formula is C14H20N2O2. The number of carbonyl (C=O) groups is 2. The Morgan fingerprint density at radius 2 is 1.78 bits per heavy atom. The summed E-state index contributed by atoms with van der Waals surface area (Å²) in [6.45, 7) is 5.12. The molecule has 0 saturated heterocycles. The summed E-state index contributed by atoms with van der Waals surface area (Å²) in [6, 6.07) is 7.49. The van der Waals surface area contributed by atoms with Crippen molar-refractivity contribution < 1.29 is 9.59 Å². The highest BCUT2D eigenvalue weighted by atomic mass is 16.2. The first-order chi connectivity index (χ1) is 8.56. The number of likely N-dealkylation sites (N-methyl/N-ethyl adjacent to an activating group) is 2. The predicted octanol–water partition coefficient (Wildman–Crippen LogP) is 1.25. The maximum Gasteiger partial charge on any atom is 0.233 e. The van der Waals surface area contributed by atoms with E-state index in [1.165, 1.54) is 0 Å². The molecular weight excluding hydrogens is 228 g/mol. The van der Waals surface area contributed by atoms with Gasteiger partial charge in [-0.15, -0.1) is 0 Å². The van der Waals surface area contributed by atoms with E-state index in [1.54, 1.807) is 7.05 Å². The summed E-state index contributed by atoms with van der Waals surface area (Å²) in [5, 5.41) is 2.56. The lowest BCUT2D eigenvalue weighted by atomic mass is 10.1. The number of nitrogens with zero attached hydrogens (tertiary/aromatic N) is 1. The van der Waals surface area contributed by atoms with Gasteiger partial charge in [-0.1, -0.05) is 36.8 Å². The number of hydrogen-bond acceptors (Lipinski definition) is 3. The minimum Gasteiger partial charge on any atom is -0.358 e. The van der Waals surface area contributed by atoms with Crippen molar-refractivity contribution in [2.45, 2.75) is 13.8 Å². The van der Waals surface area contributed by atoms with Crippen molar-refractivity contribution in [2.75, 3.05) is 26.7 Å². The zero-order valence-corrected chi connectivity index (χ0v) is 11.2. The van der Waals surface area contributed by atoms with Crippen LogP contribution in [-0.2, 0) is 4.79 Å².